The second-order valence-electron chi connectivity index (χ2n) is 8.42. The van der Waals surface area contributed by atoms with Crippen LogP contribution in [0.5, 0.6) is 5.75 Å². The minimum absolute atomic E-state index is 0.00191. The number of aryl methyl sites for hydroxylation is 1. The zero-order valence-corrected chi connectivity index (χ0v) is 26.7. The SMILES string of the molecule is Cc1nc(Cl)nc(Nc2cc(S(=O)(=O)O)cc3cc(SOOO)c(N=Nc4ccc(COOSCOS(=O)(=O)O)cc4)c(O)c23)n1. The Morgan fingerprint density at radius 1 is 1.00 bits per heavy atom. The van der Waals surface area contributed by atoms with Crippen molar-refractivity contribution in [1.29, 1.82) is 0 Å². The van der Waals surface area contributed by atoms with Crippen LogP contribution in [0.15, 0.2) is 62.5 Å². The molecule has 46 heavy (non-hydrogen) atoms. The van der Waals surface area contributed by atoms with Gasteiger partial charge in [-0.25, -0.2) is 19.3 Å². The number of nitrogens with zero attached hydrogens (tertiary/aromatic N) is 5. The third-order valence-corrected chi connectivity index (χ3v) is 7.90. The van der Waals surface area contributed by atoms with Gasteiger partial charge in [0, 0.05) is 5.39 Å². The molecule has 246 valence electrons. The van der Waals surface area contributed by atoms with Gasteiger partial charge < -0.3 is 10.4 Å². The topological polar surface area (TPSA) is 271 Å². The molecule has 1 heterocycles. The molecule has 0 bridgehead atoms. The Kier molecular flexibility index (Phi) is 12.0. The minimum atomic E-state index is -4.74. The van der Waals surface area contributed by atoms with Crippen molar-refractivity contribution in [2.75, 3.05) is 11.3 Å². The molecule has 0 unspecified atom stereocenters. The second-order valence-corrected chi connectivity index (χ2v) is 12.6. The molecule has 0 aliphatic carbocycles. The van der Waals surface area contributed by atoms with Crippen LogP contribution in [0.3, 0.4) is 0 Å². The first-order valence-electron chi connectivity index (χ1n) is 11.9. The van der Waals surface area contributed by atoms with Gasteiger partial charge in [0.2, 0.25) is 11.2 Å². The molecule has 4 aromatic rings. The predicted octanol–water partition coefficient (Wildman–Crippen LogP) is 5.40. The van der Waals surface area contributed by atoms with Gasteiger partial charge in [0.1, 0.15) is 24.1 Å². The summed E-state index contributed by atoms with van der Waals surface area (Å²) in [5.74, 6) is -0.959. The lowest BCUT2D eigenvalue weighted by Crippen LogP contribution is -2.04. The van der Waals surface area contributed by atoms with Crippen LogP contribution in [-0.2, 0) is 49.9 Å². The molecule has 0 atom stereocenters. The van der Waals surface area contributed by atoms with Gasteiger partial charge >= 0.3 is 10.4 Å². The molecule has 0 radical (unpaired) electrons. The standard InChI is InChI=1S/C22H19ClN6O13S4/c1-11-24-21(23)27-22(25-11)26-16-8-15(45(32,33)34)6-13-7-17(44-42-40-31)19(20(30)18(13)16)29-28-14-4-2-12(3-5-14)9-38-41-43-10-39-46(35,36)37/h2-8,30-31H,9-10H2,1H3,(H,32,33,34)(H,35,36,37)(H,24,25,26,27). The van der Waals surface area contributed by atoms with E-state index in [4.69, 9.17) is 26.3 Å². The number of aromatic nitrogens is 3. The fraction of sp³-hybridized carbons (Fsp3) is 0.136. The van der Waals surface area contributed by atoms with Crippen LogP contribution in [0.25, 0.3) is 10.8 Å². The van der Waals surface area contributed by atoms with E-state index in [0.717, 1.165) is 12.1 Å². The smallest absolute Gasteiger partial charge is 0.398 e. The summed E-state index contributed by atoms with van der Waals surface area (Å²) in [5, 5.41) is 34.6. The average Bonchev–Trinajstić information content (AvgIpc) is 2.96. The number of nitrogens with one attached hydrogen (secondary N) is 1. The maximum atomic E-state index is 12.1. The van der Waals surface area contributed by atoms with Gasteiger partial charge in [-0.15, -0.1) is 9.45 Å². The molecule has 0 fully saturated rings. The van der Waals surface area contributed by atoms with Crippen molar-refractivity contribution >= 4 is 90.0 Å². The van der Waals surface area contributed by atoms with Crippen molar-refractivity contribution in [2.45, 2.75) is 23.3 Å². The lowest BCUT2D eigenvalue weighted by Gasteiger charge is -2.15. The highest BCUT2D eigenvalue weighted by molar-refractivity contribution is 7.95. The highest BCUT2D eigenvalue weighted by atomic mass is 35.5. The van der Waals surface area contributed by atoms with E-state index in [0.29, 0.717) is 35.3 Å². The number of hydrogen-bond acceptors (Lipinski definition) is 19. The zero-order chi connectivity index (χ0) is 33.5. The number of anilines is 2. The molecule has 0 saturated carbocycles. The quantitative estimate of drug-likeness (QED) is 0.0194. The molecule has 0 spiro atoms. The van der Waals surface area contributed by atoms with Crippen molar-refractivity contribution in [2.24, 2.45) is 10.2 Å². The monoisotopic (exact) mass is 738 g/mol. The number of fused-ring (bicyclic) bond motifs is 1. The Labute approximate surface area is 272 Å². The fourth-order valence-electron chi connectivity index (χ4n) is 3.54. The Balaban J connectivity index is 1.66. The summed E-state index contributed by atoms with van der Waals surface area (Å²) in [4.78, 5) is 16.2. The molecule has 0 amide bonds. The largest absolute Gasteiger partial charge is 0.505 e. The van der Waals surface area contributed by atoms with E-state index in [9.17, 15) is 26.5 Å². The molecule has 4 rings (SSSR count). The first-order valence-corrected chi connectivity index (χ1v) is 16.7. The van der Waals surface area contributed by atoms with Crippen LogP contribution in [-0.4, -0.2) is 57.2 Å². The Morgan fingerprint density at radius 3 is 2.39 bits per heavy atom. The van der Waals surface area contributed by atoms with Gasteiger partial charge in [0.05, 0.1) is 45.3 Å². The van der Waals surface area contributed by atoms with Crippen molar-refractivity contribution < 1.29 is 59.1 Å². The van der Waals surface area contributed by atoms with E-state index in [2.05, 4.69) is 48.4 Å². The number of phenols is 1. The van der Waals surface area contributed by atoms with E-state index >= 15 is 0 Å². The van der Waals surface area contributed by atoms with E-state index < -0.39 is 37.1 Å². The van der Waals surface area contributed by atoms with E-state index in [-0.39, 0.29) is 50.7 Å². The molecular formula is C22H19ClN6O13S4. The maximum absolute atomic E-state index is 12.1. The molecule has 0 saturated heterocycles. The third-order valence-electron chi connectivity index (χ3n) is 5.31. The first-order chi connectivity index (χ1) is 21.7. The number of phenolic OH excluding ortho intramolecular Hbond substituents is 1. The van der Waals surface area contributed by atoms with Crippen LogP contribution in [0.4, 0.5) is 23.0 Å². The lowest BCUT2D eigenvalue weighted by molar-refractivity contribution is -0.432. The van der Waals surface area contributed by atoms with E-state index in [1.54, 1.807) is 12.1 Å². The summed E-state index contributed by atoms with van der Waals surface area (Å²) >= 11 is 6.80. The zero-order valence-electron chi connectivity index (χ0n) is 22.7. The van der Waals surface area contributed by atoms with Gasteiger partial charge in [-0.3, -0.25) is 9.11 Å². The van der Waals surface area contributed by atoms with E-state index in [1.165, 1.54) is 25.1 Å². The Hall–Kier alpha value is -3.30. The van der Waals surface area contributed by atoms with Gasteiger partial charge in [-0.1, -0.05) is 17.2 Å². The maximum Gasteiger partial charge on any atom is 0.398 e. The lowest BCUT2D eigenvalue weighted by atomic mass is 10.1. The molecule has 19 nitrogen and oxygen atoms in total. The summed E-state index contributed by atoms with van der Waals surface area (Å²) in [6.07, 6.45) is 0. The van der Waals surface area contributed by atoms with Crippen LogP contribution in [0.2, 0.25) is 5.28 Å². The number of benzene rings is 3. The minimum Gasteiger partial charge on any atom is -0.505 e. The van der Waals surface area contributed by atoms with Crippen LogP contribution in [0.1, 0.15) is 11.4 Å². The fourth-order valence-corrected chi connectivity index (χ4v) is 5.58. The van der Waals surface area contributed by atoms with Crippen LogP contribution < -0.4 is 5.32 Å². The Bertz CT molecular complexity index is 1950. The van der Waals surface area contributed by atoms with Crippen LogP contribution in [0, 0.1) is 6.92 Å². The molecule has 24 heteroatoms. The summed E-state index contributed by atoms with van der Waals surface area (Å²) in [7, 11) is -9.35. The summed E-state index contributed by atoms with van der Waals surface area (Å²) in [6.45, 7) is 1.47. The van der Waals surface area contributed by atoms with Crippen molar-refractivity contribution in [1.82, 2.24) is 15.0 Å². The number of hydrogen-bond donors (Lipinski definition) is 5. The number of azo groups is 1. The highest BCUT2D eigenvalue weighted by Gasteiger charge is 2.22. The molecular weight excluding hydrogens is 720 g/mol. The normalized spacial score (nSPS) is 12.3. The number of aromatic hydroxyl groups is 1. The average molecular weight is 739 g/mol. The van der Waals surface area contributed by atoms with E-state index in [1.807, 2.05) is 0 Å². The highest BCUT2D eigenvalue weighted by Crippen LogP contribution is 2.47. The van der Waals surface area contributed by atoms with Gasteiger partial charge in [-0.2, -0.15) is 36.3 Å². The molecule has 0 aliphatic heterocycles. The Morgan fingerprint density at radius 2 is 1.74 bits per heavy atom. The number of rotatable bonds is 15. The second kappa shape index (κ2) is 15.5. The summed E-state index contributed by atoms with van der Waals surface area (Å²) in [6, 6.07) is 9.66. The van der Waals surface area contributed by atoms with Gasteiger partial charge in [-0.05, 0) is 59.8 Å². The molecule has 3 aromatic carbocycles. The molecule has 5 N–H and O–H groups in total. The molecule has 0 aliphatic rings. The van der Waals surface area contributed by atoms with Crippen molar-refractivity contribution in [3.63, 3.8) is 0 Å². The van der Waals surface area contributed by atoms with Gasteiger partial charge in [0.15, 0.2) is 5.75 Å². The van der Waals surface area contributed by atoms with Crippen LogP contribution >= 0.6 is 35.7 Å². The van der Waals surface area contributed by atoms with Gasteiger partial charge in [0.25, 0.3) is 10.1 Å². The third kappa shape index (κ3) is 10.1. The predicted molar refractivity (Wildman–Crippen MR) is 161 cm³/mol. The first kappa shape index (κ1) is 35.6. The summed E-state index contributed by atoms with van der Waals surface area (Å²) < 4.78 is 76.5. The van der Waals surface area contributed by atoms with Crippen molar-refractivity contribution in [3.05, 3.63) is 59.1 Å². The summed E-state index contributed by atoms with van der Waals surface area (Å²) in [5.41, 5.74) is 0.622. The van der Waals surface area contributed by atoms with Crippen molar-refractivity contribution in [3.8, 4) is 5.75 Å². The number of halogens is 1. The molecule has 1 aromatic heterocycles.